The van der Waals surface area contributed by atoms with Gasteiger partial charge in [-0.25, -0.2) is 0 Å². The predicted molar refractivity (Wildman–Crippen MR) is 101 cm³/mol. The van der Waals surface area contributed by atoms with Gasteiger partial charge in [-0.05, 0) is 12.1 Å². The second-order valence-corrected chi connectivity index (χ2v) is 7.99. The minimum Gasteiger partial charge on any atom is -0.296 e. The van der Waals surface area contributed by atoms with Crippen molar-refractivity contribution in [2.24, 2.45) is 0 Å². The van der Waals surface area contributed by atoms with E-state index in [1.54, 1.807) is 11.8 Å². The van der Waals surface area contributed by atoms with E-state index in [2.05, 4.69) is 29.4 Å². The SMILES string of the molecule is CC(C)Sc1ccccc1C(=O)Nc1nnc(-c2ccccc2)s1. The number of nitrogens with one attached hydrogen (secondary N) is 1. The van der Waals surface area contributed by atoms with E-state index in [-0.39, 0.29) is 5.91 Å². The maximum absolute atomic E-state index is 12.6. The number of hydrogen-bond acceptors (Lipinski definition) is 5. The third-order valence-corrected chi connectivity index (χ3v) is 5.13. The average molecular weight is 355 g/mol. The van der Waals surface area contributed by atoms with Crippen LogP contribution in [-0.4, -0.2) is 21.4 Å². The minimum absolute atomic E-state index is 0.158. The molecule has 3 rings (SSSR count). The first-order valence-electron chi connectivity index (χ1n) is 7.59. The second kappa shape index (κ2) is 7.59. The molecule has 0 aliphatic carbocycles. The van der Waals surface area contributed by atoms with Crippen LogP contribution >= 0.6 is 23.1 Å². The Hall–Kier alpha value is -2.18. The summed E-state index contributed by atoms with van der Waals surface area (Å²) in [5.41, 5.74) is 1.65. The molecular weight excluding hydrogens is 338 g/mol. The van der Waals surface area contributed by atoms with Gasteiger partial charge in [-0.3, -0.25) is 10.1 Å². The largest absolute Gasteiger partial charge is 0.296 e. The number of carbonyl (C=O) groups excluding carboxylic acids is 1. The van der Waals surface area contributed by atoms with Gasteiger partial charge in [0.1, 0.15) is 5.01 Å². The molecule has 3 aromatic rings. The van der Waals surface area contributed by atoms with Crippen LogP contribution in [0, 0.1) is 0 Å². The van der Waals surface area contributed by atoms with E-state index in [1.807, 2.05) is 54.6 Å². The van der Waals surface area contributed by atoms with Gasteiger partial charge in [-0.15, -0.1) is 22.0 Å². The lowest BCUT2D eigenvalue weighted by Crippen LogP contribution is -2.13. The number of rotatable bonds is 5. The van der Waals surface area contributed by atoms with Gasteiger partial charge in [-0.1, -0.05) is 67.6 Å². The van der Waals surface area contributed by atoms with E-state index in [9.17, 15) is 4.79 Å². The van der Waals surface area contributed by atoms with Crippen LogP contribution in [0.4, 0.5) is 5.13 Å². The van der Waals surface area contributed by atoms with Crippen molar-refractivity contribution < 1.29 is 4.79 Å². The Morgan fingerprint density at radius 3 is 2.50 bits per heavy atom. The van der Waals surface area contributed by atoms with Crippen LogP contribution in [0.15, 0.2) is 59.5 Å². The number of carbonyl (C=O) groups is 1. The molecule has 1 N–H and O–H groups in total. The van der Waals surface area contributed by atoms with Crippen LogP contribution in [0.25, 0.3) is 10.6 Å². The quantitative estimate of drug-likeness (QED) is 0.657. The molecule has 1 heterocycles. The van der Waals surface area contributed by atoms with Gasteiger partial charge in [-0.2, -0.15) is 0 Å². The van der Waals surface area contributed by atoms with E-state index >= 15 is 0 Å². The molecule has 0 radical (unpaired) electrons. The Balaban J connectivity index is 1.78. The van der Waals surface area contributed by atoms with Crippen LogP contribution in [0.5, 0.6) is 0 Å². The van der Waals surface area contributed by atoms with E-state index in [0.29, 0.717) is 15.9 Å². The summed E-state index contributed by atoms with van der Waals surface area (Å²) < 4.78 is 0. The number of anilines is 1. The van der Waals surface area contributed by atoms with Crippen molar-refractivity contribution in [3.8, 4) is 10.6 Å². The number of amides is 1. The molecule has 0 aliphatic rings. The monoisotopic (exact) mass is 355 g/mol. The molecule has 0 saturated heterocycles. The molecule has 0 unspecified atom stereocenters. The first-order chi connectivity index (χ1) is 11.6. The molecule has 122 valence electrons. The Kier molecular flexibility index (Phi) is 5.27. The minimum atomic E-state index is -0.158. The second-order valence-electron chi connectivity index (χ2n) is 5.40. The fourth-order valence-electron chi connectivity index (χ4n) is 2.15. The van der Waals surface area contributed by atoms with Gasteiger partial charge >= 0.3 is 0 Å². The summed E-state index contributed by atoms with van der Waals surface area (Å²) in [6.07, 6.45) is 0. The lowest BCUT2D eigenvalue weighted by molar-refractivity contribution is 0.102. The summed E-state index contributed by atoms with van der Waals surface area (Å²) in [5.74, 6) is -0.158. The first-order valence-corrected chi connectivity index (χ1v) is 9.29. The van der Waals surface area contributed by atoms with Crippen LogP contribution < -0.4 is 5.32 Å². The molecule has 0 saturated carbocycles. The van der Waals surface area contributed by atoms with Crippen molar-refractivity contribution in [2.75, 3.05) is 5.32 Å². The summed E-state index contributed by atoms with van der Waals surface area (Å²) in [4.78, 5) is 13.5. The number of benzene rings is 2. The van der Waals surface area contributed by atoms with E-state index in [4.69, 9.17) is 0 Å². The standard InChI is InChI=1S/C18H17N3OS2/c1-12(2)23-15-11-7-6-10-14(15)16(22)19-18-21-20-17(24-18)13-8-4-3-5-9-13/h3-12H,1-2H3,(H,19,21,22). The molecule has 1 amide bonds. The lowest BCUT2D eigenvalue weighted by Gasteiger charge is -2.10. The molecule has 1 aromatic heterocycles. The van der Waals surface area contributed by atoms with Gasteiger partial charge in [0.15, 0.2) is 0 Å². The zero-order valence-electron chi connectivity index (χ0n) is 13.4. The number of hydrogen-bond donors (Lipinski definition) is 1. The topological polar surface area (TPSA) is 54.9 Å². The van der Waals surface area contributed by atoms with Gasteiger partial charge in [0.2, 0.25) is 5.13 Å². The number of aromatic nitrogens is 2. The third kappa shape index (κ3) is 4.01. The molecule has 2 aromatic carbocycles. The van der Waals surface area contributed by atoms with Crippen LogP contribution in [0.2, 0.25) is 0 Å². The summed E-state index contributed by atoms with van der Waals surface area (Å²) in [6.45, 7) is 4.21. The molecule has 4 nitrogen and oxygen atoms in total. The fourth-order valence-corrected chi connectivity index (χ4v) is 3.84. The predicted octanol–water partition coefficient (Wildman–Crippen LogP) is 4.96. The molecule has 0 bridgehead atoms. The van der Waals surface area contributed by atoms with Crippen molar-refractivity contribution in [1.29, 1.82) is 0 Å². The fraction of sp³-hybridized carbons (Fsp3) is 0.167. The normalized spacial score (nSPS) is 10.8. The Labute approximate surface area is 149 Å². The Morgan fingerprint density at radius 1 is 1.04 bits per heavy atom. The van der Waals surface area contributed by atoms with Gasteiger partial charge in [0.05, 0.1) is 5.56 Å². The highest BCUT2D eigenvalue weighted by Crippen LogP contribution is 2.29. The van der Waals surface area contributed by atoms with Crippen LogP contribution in [-0.2, 0) is 0 Å². The maximum atomic E-state index is 12.6. The lowest BCUT2D eigenvalue weighted by atomic mass is 10.2. The molecule has 0 atom stereocenters. The average Bonchev–Trinajstić information content (AvgIpc) is 3.04. The van der Waals surface area contributed by atoms with Gasteiger partial charge in [0.25, 0.3) is 5.91 Å². The molecule has 0 fully saturated rings. The molecule has 24 heavy (non-hydrogen) atoms. The molecule has 0 aliphatic heterocycles. The highest BCUT2D eigenvalue weighted by molar-refractivity contribution is 8.00. The first kappa shape index (κ1) is 16.7. The van der Waals surface area contributed by atoms with Crippen molar-refractivity contribution in [3.05, 3.63) is 60.2 Å². The summed E-state index contributed by atoms with van der Waals surface area (Å²) in [7, 11) is 0. The summed E-state index contributed by atoms with van der Waals surface area (Å²) >= 11 is 3.04. The zero-order valence-corrected chi connectivity index (χ0v) is 15.0. The van der Waals surface area contributed by atoms with E-state index in [0.717, 1.165) is 15.5 Å². The van der Waals surface area contributed by atoms with Crippen molar-refractivity contribution >= 4 is 34.1 Å². The highest BCUT2D eigenvalue weighted by atomic mass is 32.2. The molecular formula is C18H17N3OS2. The van der Waals surface area contributed by atoms with Crippen LogP contribution in [0.1, 0.15) is 24.2 Å². The van der Waals surface area contributed by atoms with E-state index in [1.165, 1.54) is 11.3 Å². The third-order valence-electron chi connectivity index (χ3n) is 3.16. The zero-order chi connectivity index (χ0) is 16.9. The van der Waals surface area contributed by atoms with Crippen molar-refractivity contribution in [3.63, 3.8) is 0 Å². The summed E-state index contributed by atoms with van der Waals surface area (Å²) in [5, 5.41) is 12.8. The molecule has 0 spiro atoms. The van der Waals surface area contributed by atoms with Crippen LogP contribution in [0.3, 0.4) is 0 Å². The number of thioether (sulfide) groups is 1. The molecule has 6 heteroatoms. The highest BCUT2D eigenvalue weighted by Gasteiger charge is 2.15. The van der Waals surface area contributed by atoms with Crippen molar-refractivity contribution in [1.82, 2.24) is 10.2 Å². The van der Waals surface area contributed by atoms with Crippen molar-refractivity contribution in [2.45, 2.75) is 24.0 Å². The summed E-state index contributed by atoms with van der Waals surface area (Å²) in [6, 6.07) is 17.4. The van der Waals surface area contributed by atoms with Gasteiger partial charge in [0, 0.05) is 15.7 Å². The Morgan fingerprint density at radius 2 is 1.75 bits per heavy atom. The smallest absolute Gasteiger partial charge is 0.258 e. The van der Waals surface area contributed by atoms with E-state index < -0.39 is 0 Å². The number of nitrogens with zero attached hydrogens (tertiary/aromatic N) is 2. The maximum Gasteiger partial charge on any atom is 0.258 e. The Bertz CT molecular complexity index is 831. The van der Waals surface area contributed by atoms with Gasteiger partial charge < -0.3 is 0 Å².